The number of anilines is 1. The van der Waals surface area contributed by atoms with Crippen molar-refractivity contribution in [3.63, 3.8) is 0 Å². The van der Waals surface area contributed by atoms with Crippen molar-refractivity contribution < 1.29 is 24.2 Å². The molecular formula is C24H39N3O5. The lowest BCUT2D eigenvalue weighted by Crippen LogP contribution is -2.43. The van der Waals surface area contributed by atoms with E-state index in [-0.39, 0.29) is 12.6 Å². The van der Waals surface area contributed by atoms with Crippen molar-refractivity contribution in [1.82, 2.24) is 10.2 Å². The molecule has 2 rings (SSSR count). The normalized spacial score (nSPS) is 16.8. The van der Waals surface area contributed by atoms with Crippen LogP contribution >= 0.6 is 0 Å². The Morgan fingerprint density at radius 2 is 1.81 bits per heavy atom. The van der Waals surface area contributed by atoms with E-state index in [1.54, 1.807) is 6.92 Å². The molecular weight excluding hydrogens is 410 g/mol. The number of rotatable bonds is 7. The number of amides is 2. The summed E-state index contributed by atoms with van der Waals surface area (Å²) in [6, 6.07) is 6.06. The van der Waals surface area contributed by atoms with Crippen LogP contribution in [0.25, 0.3) is 0 Å². The molecule has 8 nitrogen and oxygen atoms in total. The van der Waals surface area contributed by atoms with Crippen LogP contribution in [0.3, 0.4) is 0 Å². The molecule has 0 spiro atoms. The minimum Gasteiger partial charge on any atom is -0.444 e. The number of fused-ring (bicyclic) bond motifs is 1. The van der Waals surface area contributed by atoms with Gasteiger partial charge in [0.25, 0.3) is 0 Å². The maximum atomic E-state index is 12.5. The summed E-state index contributed by atoms with van der Waals surface area (Å²) in [7, 11) is 0. The number of nitrogens with one attached hydrogen (secondary N) is 2. The molecule has 2 amide bonds. The lowest BCUT2D eigenvalue weighted by molar-refractivity contribution is 0.0163. The van der Waals surface area contributed by atoms with Crippen LogP contribution in [-0.2, 0) is 15.9 Å². The summed E-state index contributed by atoms with van der Waals surface area (Å²) in [5.41, 5.74) is 1.96. The van der Waals surface area contributed by atoms with Crippen LogP contribution in [0.5, 0.6) is 0 Å². The lowest BCUT2D eigenvalue weighted by Gasteiger charge is -2.28. The van der Waals surface area contributed by atoms with Gasteiger partial charge in [0.15, 0.2) is 0 Å². The van der Waals surface area contributed by atoms with E-state index < -0.39 is 29.5 Å². The third-order valence-electron chi connectivity index (χ3n) is 4.77. The van der Waals surface area contributed by atoms with Crippen molar-refractivity contribution in [2.75, 3.05) is 25.0 Å². The third-order valence-corrected chi connectivity index (χ3v) is 4.77. The number of carbonyl (C=O) groups excluding carboxylic acids is 2. The Kier molecular flexibility index (Phi) is 8.54. The second-order valence-corrected chi connectivity index (χ2v) is 10.4. The molecule has 0 aliphatic heterocycles. The summed E-state index contributed by atoms with van der Waals surface area (Å²) in [6.07, 6.45) is 0.315. The molecule has 3 N–H and O–H groups in total. The zero-order valence-electron chi connectivity index (χ0n) is 20.4. The van der Waals surface area contributed by atoms with Gasteiger partial charge < -0.3 is 24.8 Å². The molecule has 0 bridgehead atoms. The maximum absolute atomic E-state index is 12.5. The zero-order valence-corrected chi connectivity index (χ0v) is 20.4. The molecule has 0 aromatic heterocycles. The molecule has 1 aliphatic carbocycles. The molecule has 1 aliphatic rings. The van der Waals surface area contributed by atoms with Gasteiger partial charge in [-0.3, -0.25) is 5.32 Å². The van der Waals surface area contributed by atoms with Gasteiger partial charge in [0, 0.05) is 31.4 Å². The summed E-state index contributed by atoms with van der Waals surface area (Å²) in [4.78, 5) is 26.0. The fourth-order valence-electron chi connectivity index (χ4n) is 3.61. The fraction of sp³-hybridized carbons (Fsp3) is 0.667. The van der Waals surface area contributed by atoms with Crippen molar-refractivity contribution in [3.05, 3.63) is 29.3 Å². The Hall–Kier alpha value is -2.32. The number of benzene rings is 1. The van der Waals surface area contributed by atoms with Gasteiger partial charge in [0.2, 0.25) is 0 Å². The SMILES string of the molecule is CC(O)CN(CCNC1CCc2cc(NC(=O)OC(C)(C)C)ccc21)C(=O)OC(C)(C)C. The number of aliphatic hydroxyl groups is 1. The summed E-state index contributed by atoms with van der Waals surface area (Å²) >= 11 is 0. The molecule has 2 atom stereocenters. The predicted molar refractivity (Wildman–Crippen MR) is 125 cm³/mol. The van der Waals surface area contributed by atoms with Crippen molar-refractivity contribution in [3.8, 4) is 0 Å². The largest absolute Gasteiger partial charge is 0.444 e. The van der Waals surface area contributed by atoms with Crippen molar-refractivity contribution in [1.29, 1.82) is 0 Å². The average Bonchev–Trinajstić information content (AvgIpc) is 2.99. The highest BCUT2D eigenvalue weighted by molar-refractivity contribution is 5.85. The van der Waals surface area contributed by atoms with Crippen molar-refractivity contribution in [2.45, 2.75) is 84.7 Å². The highest BCUT2D eigenvalue weighted by Crippen LogP contribution is 2.33. The number of hydrogen-bond donors (Lipinski definition) is 3. The minimum absolute atomic E-state index is 0.174. The first kappa shape index (κ1) is 25.9. The van der Waals surface area contributed by atoms with E-state index in [1.165, 1.54) is 16.0 Å². The smallest absolute Gasteiger partial charge is 0.412 e. The van der Waals surface area contributed by atoms with Gasteiger partial charge >= 0.3 is 12.2 Å². The van der Waals surface area contributed by atoms with E-state index in [9.17, 15) is 14.7 Å². The Labute approximate surface area is 191 Å². The van der Waals surface area contributed by atoms with Crippen LogP contribution in [0, 0.1) is 0 Å². The Bertz CT molecular complexity index is 796. The molecule has 1 aromatic rings. The van der Waals surface area contributed by atoms with Gasteiger partial charge in [-0.05, 0) is 84.6 Å². The average molecular weight is 450 g/mol. The fourth-order valence-corrected chi connectivity index (χ4v) is 3.61. The Morgan fingerprint density at radius 1 is 1.16 bits per heavy atom. The topological polar surface area (TPSA) is 100 Å². The van der Waals surface area contributed by atoms with E-state index in [1.807, 2.05) is 59.7 Å². The van der Waals surface area contributed by atoms with Gasteiger partial charge in [-0.25, -0.2) is 9.59 Å². The van der Waals surface area contributed by atoms with Gasteiger partial charge in [-0.2, -0.15) is 0 Å². The zero-order chi connectivity index (χ0) is 24.1. The van der Waals surface area contributed by atoms with Crippen LogP contribution in [0.1, 0.15) is 72.1 Å². The summed E-state index contributed by atoms with van der Waals surface area (Å²) in [5.74, 6) is 0. The lowest BCUT2D eigenvalue weighted by atomic mass is 10.1. The molecule has 2 unspecified atom stereocenters. The summed E-state index contributed by atoms with van der Waals surface area (Å²) in [6.45, 7) is 13.8. The number of hydrogen-bond acceptors (Lipinski definition) is 6. The Morgan fingerprint density at radius 3 is 2.41 bits per heavy atom. The quantitative estimate of drug-likeness (QED) is 0.576. The van der Waals surface area contributed by atoms with Gasteiger partial charge in [-0.1, -0.05) is 6.07 Å². The van der Waals surface area contributed by atoms with E-state index in [0.717, 1.165) is 12.8 Å². The highest BCUT2D eigenvalue weighted by atomic mass is 16.6. The van der Waals surface area contributed by atoms with Gasteiger partial charge in [0.05, 0.1) is 6.10 Å². The van der Waals surface area contributed by atoms with Crippen molar-refractivity contribution in [2.24, 2.45) is 0 Å². The number of aryl methyl sites for hydroxylation is 1. The van der Waals surface area contributed by atoms with Gasteiger partial charge in [-0.15, -0.1) is 0 Å². The highest BCUT2D eigenvalue weighted by Gasteiger charge is 2.25. The molecule has 0 radical (unpaired) electrons. The number of carbonyl (C=O) groups is 2. The van der Waals surface area contributed by atoms with E-state index >= 15 is 0 Å². The van der Waals surface area contributed by atoms with Gasteiger partial charge in [0.1, 0.15) is 11.2 Å². The monoisotopic (exact) mass is 449 g/mol. The molecule has 0 saturated heterocycles. The second-order valence-electron chi connectivity index (χ2n) is 10.4. The Balaban J connectivity index is 1.93. The summed E-state index contributed by atoms with van der Waals surface area (Å²) in [5, 5.41) is 16.0. The van der Waals surface area contributed by atoms with Crippen LogP contribution in [-0.4, -0.2) is 59.1 Å². The number of nitrogens with zero attached hydrogens (tertiary/aromatic N) is 1. The molecule has 8 heteroatoms. The maximum Gasteiger partial charge on any atom is 0.412 e. The molecule has 180 valence electrons. The minimum atomic E-state index is -0.634. The molecule has 32 heavy (non-hydrogen) atoms. The molecule has 0 fully saturated rings. The van der Waals surface area contributed by atoms with Crippen LogP contribution in [0.4, 0.5) is 15.3 Å². The van der Waals surface area contributed by atoms with E-state index in [4.69, 9.17) is 9.47 Å². The third kappa shape index (κ3) is 8.67. The van der Waals surface area contributed by atoms with E-state index in [0.29, 0.717) is 18.8 Å². The van der Waals surface area contributed by atoms with Crippen LogP contribution in [0.15, 0.2) is 18.2 Å². The number of ether oxygens (including phenoxy) is 2. The first-order chi connectivity index (χ1) is 14.7. The number of aliphatic hydroxyl groups excluding tert-OH is 1. The standard InChI is InChI=1S/C24H39N3O5/c1-16(28)15-27(22(30)32-24(5,6)7)13-12-25-20-11-8-17-14-18(9-10-19(17)20)26-21(29)31-23(2,3)4/h9-10,14,16,20,25,28H,8,11-13,15H2,1-7H3,(H,26,29). The van der Waals surface area contributed by atoms with Crippen LogP contribution in [0.2, 0.25) is 0 Å². The first-order valence-corrected chi connectivity index (χ1v) is 11.3. The van der Waals surface area contributed by atoms with E-state index in [2.05, 4.69) is 10.6 Å². The summed E-state index contributed by atoms with van der Waals surface area (Å²) < 4.78 is 10.8. The second kappa shape index (κ2) is 10.5. The molecule has 0 heterocycles. The first-order valence-electron chi connectivity index (χ1n) is 11.3. The molecule has 1 aromatic carbocycles. The molecule has 0 saturated carbocycles. The van der Waals surface area contributed by atoms with Crippen molar-refractivity contribution >= 4 is 17.9 Å². The predicted octanol–water partition coefficient (Wildman–Crippen LogP) is 4.23. The van der Waals surface area contributed by atoms with Crippen LogP contribution < -0.4 is 10.6 Å².